The van der Waals surface area contributed by atoms with Crippen LogP contribution in [0.3, 0.4) is 0 Å². The lowest BCUT2D eigenvalue weighted by Crippen LogP contribution is -2.59. The normalized spacial score (nSPS) is 19.5. The van der Waals surface area contributed by atoms with Crippen molar-refractivity contribution in [1.82, 2.24) is 0 Å². The fourth-order valence-corrected chi connectivity index (χ4v) is 8.42. The SMILES string of the molecule is CCCCCCCC/C=C/CCCCCCCCCC(=O)O[C@@H](COC(=O)CCCCCCCCCCCCCCCCCCCCCCC)CO[C@H]1O[C@@H](CO)[C@@H](O)C(O)C1O. The van der Waals surface area contributed by atoms with Crippen LogP contribution in [0.4, 0.5) is 0 Å². The van der Waals surface area contributed by atoms with Gasteiger partial charge in [0.15, 0.2) is 12.4 Å². The Hall–Kier alpha value is -1.56. The van der Waals surface area contributed by atoms with Crippen LogP contribution in [0.1, 0.15) is 258 Å². The number of allylic oxidation sites excluding steroid dienone is 2. The van der Waals surface area contributed by atoms with E-state index in [4.69, 9.17) is 18.9 Å². The number of hydrogen-bond acceptors (Lipinski definition) is 10. The quantitative estimate of drug-likeness (QED) is 0.0264. The zero-order valence-corrected chi connectivity index (χ0v) is 40.8. The number of esters is 2. The molecule has 0 aromatic heterocycles. The third kappa shape index (κ3) is 35.3. The van der Waals surface area contributed by atoms with E-state index in [-0.39, 0.29) is 32.0 Å². The molecule has 0 saturated carbocycles. The molecule has 1 rings (SSSR count). The van der Waals surface area contributed by atoms with Gasteiger partial charge in [-0.2, -0.15) is 0 Å². The second-order valence-corrected chi connectivity index (χ2v) is 18.7. The molecule has 1 aliphatic heterocycles. The molecule has 63 heavy (non-hydrogen) atoms. The van der Waals surface area contributed by atoms with E-state index in [1.807, 2.05) is 0 Å². The summed E-state index contributed by atoms with van der Waals surface area (Å²) >= 11 is 0. The van der Waals surface area contributed by atoms with Crippen LogP contribution in [-0.4, -0.2) is 89.0 Å². The summed E-state index contributed by atoms with van der Waals surface area (Å²) in [6.07, 6.45) is 42.2. The predicted molar refractivity (Wildman–Crippen MR) is 256 cm³/mol. The van der Waals surface area contributed by atoms with Crippen molar-refractivity contribution in [3.63, 3.8) is 0 Å². The molecule has 10 heteroatoms. The zero-order valence-electron chi connectivity index (χ0n) is 40.8. The van der Waals surface area contributed by atoms with E-state index in [0.29, 0.717) is 6.42 Å². The Morgan fingerprint density at radius 3 is 1.24 bits per heavy atom. The van der Waals surface area contributed by atoms with Gasteiger partial charge in [0, 0.05) is 12.8 Å². The van der Waals surface area contributed by atoms with Crippen LogP contribution in [0.15, 0.2) is 12.2 Å². The topological polar surface area (TPSA) is 152 Å². The van der Waals surface area contributed by atoms with Gasteiger partial charge in [-0.15, -0.1) is 0 Å². The van der Waals surface area contributed by atoms with Crippen LogP contribution in [0.5, 0.6) is 0 Å². The van der Waals surface area contributed by atoms with Gasteiger partial charge >= 0.3 is 11.9 Å². The second-order valence-electron chi connectivity index (χ2n) is 18.7. The molecule has 4 N–H and O–H groups in total. The van der Waals surface area contributed by atoms with Gasteiger partial charge in [0.25, 0.3) is 0 Å². The Kier molecular flexibility index (Phi) is 41.8. The van der Waals surface area contributed by atoms with Gasteiger partial charge in [-0.1, -0.05) is 219 Å². The Morgan fingerprint density at radius 1 is 0.476 bits per heavy atom. The first-order chi connectivity index (χ1) is 30.8. The second kappa shape index (κ2) is 44.3. The van der Waals surface area contributed by atoms with Gasteiger partial charge in [-0.3, -0.25) is 9.59 Å². The van der Waals surface area contributed by atoms with Crippen LogP contribution in [0, 0.1) is 0 Å². The van der Waals surface area contributed by atoms with Crippen molar-refractivity contribution in [2.45, 2.75) is 295 Å². The third-order valence-electron chi connectivity index (χ3n) is 12.7. The highest BCUT2D eigenvalue weighted by atomic mass is 16.7. The molecule has 1 aliphatic rings. The molecule has 0 spiro atoms. The molecule has 10 nitrogen and oxygen atoms in total. The van der Waals surface area contributed by atoms with Crippen molar-refractivity contribution in [3.8, 4) is 0 Å². The highest BCUT2D eigenvalue weighted by molar-refractivity contribution is 5.70. The molecule has 372 valence electrons. The van der Waals surface area contributed by atoms with Crippen LogP contribution < -0.4 is 0 Å². The molecular formula is C53H100O10. The first-order valence-corrected chi connectivity index (χ1v) is 26.8. The predicted octanol–water partition coefficient (Wildman–Crippen LogP) is 12.7. The highest BCUT2D eigenvalue weighted by Gasteiger charge is 2.44. The van der Waals surface area contributed by atoms with E-state index in [2.05, 4.69) is 26.0 Å². The average molecular weight is 897 g/mol. The van der Waals surface area contributed by atoms with Crippen molar-refractivity contribution in [2.24, 2.45) is 0 Å². The van der Waals surface area contributed by atoms with Gasteiger partial charge in [0.05, 0.1) is 13.2 Å². The van der Waals surface area contributed by atoms with Crippen molar-refractivity contribution in [1.29, 1.82) is 0 Å². The van der Waals surface area contributed by atoms with Crippen LogP contribution in [0.2, 0.25) is 0 Å². The number of carbonyl (C=O) groups excluding carboxylic acids is 2. The maximum Gasteiger partial charge on any atom is 0.306 e. The summed E-state index contributed by atoms with van der Waals surface area (Å²) in [5.74, 6) is -0.795. The lowest BCUT2D eigenvalue weighted by molar-refractivity contribution is -0.305. The molecule has 0 aromatic carbocycles. The Labute approximate surface area is 386 Å². The summed E-state index contributed by atoms with van der Waals surface area (Å²) in [5.41, 5.74) is 0. The van der Waals surface area contributed by atoms with Crippen LogP contribution in [-0.2, 0) is 28.5 Å². The Balaban J connectivity index is 2.22. The first kappa shape index (κ1) is 59.5. The van der Waals surface area contributed by atoms with E-state index in [1.54, 1.807) is 0 Å². The highest BCUT2D eigenvalue weighted by Crippen LogP contribution is 2.23. The number of aliphatic hydroxyl groups is 4. The summed E-state index contributed by atoms with van der Waals surface area (Å²) in [7, 11) is 0. The molecule has 1 saturated heterocycles. The maximum absolute atomic E-state index is 12.8. The summed E-state index contributed by atoms with van der Waals surface area (Å²) < 4.78 is 22.3. The van der Waals surface area contributed by atoms with Gasteiger partial charge in [-0.05, 0) is 38.5 Å². The summed E-state index contributed by atoms with van der Waals surface area (Å²) in [6.45, 7) is 3.47. The Bertz CT molecular complexity index is 1040. The van der Waals surface area contributed by atoms with Crippen LogP contribution >= 0.6 is 0 Å². The fourth-order valence-electron chi connectivity index (χ4n) is 8.42. The maximum atomic E-state index is 12.8. The van der Waals surface area contributed by atoms with E-state index in [9.17, 15) is 30.0 Å². The molecule has 0 aliphatic carbocycles. The number of carbonyl (C=O) groups is 2. The first-order valence-electron chi connectivity index (χ1n) is 26.8. The van der Waals surface area contributed by atoms with Gasteiger partial charge in [0.1, 0.15) is 31.0 Å². The molecule has 0 aromatic rings. The molecule has 1 fully saturated rings. The summed E-state index contributed by atoms with van der Waals surface area (Å²) in [6, 6.07) is 0. The van der Waals surface area contributed by atoms with Crippen molar-refractivity contribution >= 4 is 11.9 Å². The van der Waals surface area contributed by atoms with E-state index >= 15 is 0 Å². The summed E-state index contributed by atoms with van der Waals surface area (Å²) in [4.78, 5) is 25.5. The van der Waals surface area contributed by atoms with E-state index < -0.39 is 49.4 Å². The fraction of sp³-hybridized carbons (Fsp3) is 0.925. The largest absolute Gasteiger partial charge is 0.462 e. The standard InChI is InChI=1S/C53H100O10/c1-3-5-7-9-11-13-15-17-19-21-22-23-24-26-27-29-31-33-35-37-39-41-48(55)60-44-46(45-61-53-52(59)51(58)50(57)47(43-54)63-53)62-49(56)42-40-38-36-34-32-30-28-25-20-18-16-14-12-10-8-6-4-2/h18,20,46-47,50-54,57-59H,3-17,19,21-45H2,1-2H3/b20-18+/t46-,47-,50+,51?,52?,53-/m0/s1. The smallest absolute Gasteiger partial charge is 0.306 e. The molecular weight excluding hydrogens is 797 g/mol. The lowest BCUT2D eigenvalue weighted by atomic mass is 9.99. The number of ether oxygens (including phenoxy) is 4. The minimum Gasteiger partial charge on any atom is -0.462 e. The molecule has 0 amide bonds. The average Bonchev–Trinajstić information content (AvgIpc) is 3.28. The molecule has 0 bridgehead atoms. The van der Waals surface area contributed by atoms with Crippen LogP contribution in [0.25, 0.3) is 0 Å². The zero-order chi connectivity index (χ0) is 45.9. The number of aliphatic hydroxyl groups excluding tert-OH is 4. The van der Waals surface area contributed by atoms with E-state index in [0.717, 1.165) is 44.9 Å². The number of unbranched alkanes of at least 4 members (excludes halogenated alkanes) is 33. The van der Waals surface area contributed by atoms with Gasteiger partial charge < -0.3 is 39.4 Å². The van der Waals surface area contributed by atoms with Crippen molar-refractivity contribution < 1.29 is 49.0 Å². The number of hydrogen-bond donors (Lipinski definition) is 4. The summed E-state index contributed by atoms with van der Waals surface area (Å²) in [5, 5.41) is 40.2. The molecule has 6 atom stereocenters. The van der Waals surface area contributed by atoms with E-state index in [1.165, 1.54) is 180 Å². The minimum absolute atomic E-state index is 0.213. The molecule has 0 radical (unpaired) electrons. The monoisotopic (exact) mass is 897 g/mol. The van der Waals surface area contributed by atoms with Gasteiger partial charge in [0.2, 0.25) is 0 Å². The Morgan fingerprint density at radius 2 is 0.841 bits per heavy atom. The van der Waals surface area contributed by atoms with Crippen molar-refractivity contribution in [3.05, 3.63) is 12.2 Å². The number of rotatable bonds is 46. The van der Waals surface area contributed by atoms with Crippen molar-refractivity contribution in [2.75, 3.05) is 19.8 Å². The molecule has 1 heterocycles. The third-order valence-corrected chi connectivity index (χ3v) is 12.7. The van der Waals surface area contributed by atoms with Gasteiger partial charge in [-0.25, -0.2) is 0 Å². The lowest BCUT2D eigenvalue weighted by Gasteiger charge is -2.39. The molecule has 2 unspecified atom stereocenters. The minimum atomic E-state index is -1.59.